The first-order chi connectivity index (χ1) is 17.0. The minimum absolute atomic E-state index is 0.285. The summed E-state index contributed by atoms with van der Waals surface area (Å²) in [6, 6.07) is 16.1. The highest BCUT2D eigenvalue weighted by Gasteiger charge is 2.34. The molecular weight excluding hydrogens is 442 g/mol. The van der Waals surface area contributed by atoms with E-state index in [1.165, 1.54) is 0 Å². The van der Waals surface area contributed by atoms with Crippen molar-refractivity contribution in [1.82, 2.24) is 4.57 Å². The normalized spacial score (nSPS) is 12.1. The number of aromatic nitrogens is 1. The Morgan fingerprint density at radius 3 is 2.34 bits per heavy atom. The minimum atomic E-state index is -0.350. The van der Waals surface area contributed by atoms with Crippen molar-refractivity contribution in [2.75, 3.05) is 27.9 Å². The molecule has 6 nitrogen and oxygen atoms in total. The van der Waals surface area contributed by atoms with Gasteiger partial charge in [0.25, 0.3) is 0 Å². The lowest BCUT2D eigenvalue weighted by Gasteiger charge is -2.23. The first-order valence-corrected chi connectivity index (χ1v) is 11.8. The zero-order valence-electron chi connectivity index (χ0n) is 20.7. The average molecular weight is 472 g/mol. The van der Waals surface area contributed by atoms with E-state index in [4.69, 9.17) is 18.9 Å². The molecule has 0 saturated heterocycles. The number of aryl methyl sites for hydroxylation is 1. The summed E-state index contributed by atoms with van der Waals surface area (Å²) in [6.45, 7) is 4.92. The summed E-state index contributed by atoms with van der Waals surface area (Å²) in [6.07, 6.45) is 0.812. The van der Waals surface area contributed by atoms with Gasteiger partial charge in [0.2, 0.25) is 0 Å². The maximum atomic E-state index is 13.6. The number of carbonyl (C=O) groups is 1. The van der Waals surface area contributed by atoms with E-state index in [0.29, 0.717) is 22.8 Å². The molecule has 0 radical (unpaired) electrons. The smallest absolute Gasteiger partial charge is 0.340 e. The first kappa shape index (κ1) is 22.8. The van der Waals surface area contributed by atoms with Crippen LogP contribution in [-0.2, 0) is 17.7 Å². The molecule has 1 aliphatic rings. The molecule has 5 rings (SSSR count). The van der Waals surface area contributed by atoms with E-state index in [0.717, 1.165) is 57.4 Å². The van der Waals surface area contributed by atoms with Crippen molar-refractivity contribution < 1.29 is 23.7 Å². The van der Waals surface area contributed by atoms with Crippen LogP contribution < -0.4 is 14.2 Å². The van der Waals surface area contributed by atoms with Gasteiger partial charge in [0.1, 0.15) is 5.75 Å². The molecule has 0 bridgehead atoms. The van der Waals surface area contributed by atoms with Gasteiger partial charge in [-0.05, 0) is 54.8 Å². The fourth-order valence-corrected chi connectivity index (χ4v) is 5.26. The van der Waals surface area contributed by atoms with Crippen molar-refractivity contribution in [3.63, 3.8) is 0 Å². The molecule has 6 heteroatoms. The van der Waals surface area contributed by atoms with E-state index in [1.807, 2.05) is 43.3 Å². The molecule has 180 valence electrons. The van der Waals surface area contributed by atoms with Crippen LogP contribution in [0.5, 0.6) is 17.2 Å². The largest absolute Gasteiger partial charge is 0.496 e. The maximum absolute atomic E-state index is 13.6. The van der Waals surface area contributed by atoms with Gasteiger partial charge < -0.3 is 23.5 Å². The molecule has 0 fully saturated rings. The zero-order chi connectivity index (χ0) is 24.7. The van der Waals surface area contributed by atoms with Crippen LogP contribution in [-0.4, -0.2) is 38.5 Å². The Balaban J connectivity index is 1.90. The SMILES string of the molecule is CCOC(=O)c1c(-c2c(OC)ccc3ccccc23)c(C)n2c1-c1cc(OC)c(OC)cc1CC2. The second-order valence-corrected chi connectivity index (χ2v) is 8.53. The Bertz CT molecular complexity index is 1450. The Labute approximate surface area is 205 Å². The van der Waals surface area contributed by atoms with E-state index in [-0.39, 0.29) is 12.6 Å². The van der Waals surface area contributed by atoms with Crippen LogP contribution >= 0.6 is 0 Å². The van der Waals surface area contributed by atoms with Crippen molar-refractivity contribution in [3.8, 4) is 39.6 Å². The molecule has 3 aromatic carbocycles. The van der Waals surface area contributed by atoms with E-state index in [9.17, 15) is 4.79 Å². The highest BCUT2D eigenvalue weighted by atomic mass is 16.5. The predicted molar refractivity (Wildman–Crippen MR) is 137 cm³/mol. The fraction of sp³-hybridized carbons (Fsp3) is 0.276. The molecule has 1 aromatic heterocycles. The summed E-state index contributed by atoms with van der Waals surface area (Å²) in [4.78, 5) is 13.6. The lowest BCUT2D eigenvalue weighted by molar-refractivity contribution is 0.0528. The molecule has 0 amide bonds. The second kappa shape index (κ2) is 9.02. The Morgan fingerprint density at radius 1 is 0.914 bits per heavy atom. The molecule has 0 N–H and O–H groups in total. The van der Waals surface area contributed by atoms with Crippen LogP contribution in [0.15, 0.2) is 48.5 Å². The number of benzene rings is 3. The third-order valence-corrected chi connectivity index (χ3v) is 6.83. The Hall–Kier alpha value is -3.93. The summed E-state index contributed by atoms with van der Waals surface area (Å²) in [5.74, 6) is 1.67. The van der Waals surface area contributed by atoms with Gasteiger partial charge in [0, 0.05) is 28.9 Å². The first-order valence-electron chi connectivity index (χ1n) is 11.8. The number of nitrogens with zero attached hydrogens (tertiary/aromatic N) is 1. The summed E-state index contributed by atoms with van der Waals surface area (Å²) in [5, 5.41) is 2.10. The van der Waals surface area contributed by atoms with Crippen LogP contribution in [0.3, 0.4) is 0 Å². The second-order valence-electron chi connectivity index (χ2n) is 8.53. The van der Waals surface area contributed by atoms with Gasteiger partial charge in [-0.1, -0.05) is 30.3 Å². The standard InChI is InChI=1S/C29H29NO5/c1-6-35-29(31)27-25(26-20-10-8-7-9-18(20)11-12-22(26)32-3)17(2)30-14-13-19-15-23(33-4)24(34-5)16-21(19)28(27)30/h7-12,15-16H,6,13-14H2,1-5H3. The monoisotopic (exact) mass is 471 g/mol. The summed E-state index contributed by atoms with van der Waals surface area (Å²) in [5.41, 5.74) is 6.18. The highest BCUT2D eigenvalue weighted by Crippen LogP contribution is 2.48. The average Bonchev–Trinajstić information content (AvgIpc) is 3.19. The van der Waals surface area contributed by atoms with Crippen molar-refractivity contribution in [2.24, 2.45) is 0 Å². The molecule has 0 atom stereocenters. The molecule has 0 unspecified atom stereocenters. The summed E-state index contributed by atoms with van der Waals surface area (Å²) in [7, 11) is 4.92. The molecule has 2 heterocycles. The van der Waals surface area contributed by atoms with Gasteiger partial charge in [0.05, 0.1) is 39.2 Å². The lowest BCUT2D eigenvalue weighted by Crippen LogP contribution is -2.15. The number of fused-ring (bicyclic) bond motifs is 4. The van der Waals surface area contributed by atoms with Crippen molar-refractivity contribution in [3.05, 3.63) is 65.4 Å². The van der Waals surface area contributed by atoms with Gasteiger partial charge in [-0.2, -0.15) is 0 Å². The van der Waals surface area contributed by atoms with E-state index < -0.39 is 0 Å². The number of carbonyl (C=O) groups excluding carboxylic acids is 1. The molecule has 0 spiro atoms. The number of methoxy groups -OCH3 is 3. The molecule has 1 aliphatic heterocycles. The molecule has 0 saturated carbocycles. The van der Waals surface area contributed by atoms with Gasteiger partial charge in [-0.15, -0.1) is 0 Å². The van der Waals surface area contributed by atoms with Crippen molar-refractivity contribution in [1.29, 1.82) is 0 Å². The Kier molecular flexibility index (Phi) is 5.89. The maximum Gasteiger partial charge on any atom is 0.340 e. The molecule has 35 heavy (non-hydrogen) atoms. The van der Waals surface area contributed by atoms with Crippen molar-refractivity contribution >= 4 is 16.7 Å². The zero-order valence-corrected chi connectivity index (χ0v) is 20.7. The number of ether oxygens (including phenoxy) is 4. The van der Waals surface area contributed by atoms with E-state index >= 15 is 0 Å². The van der Waals surface area contributed by atoms with Crippen LogP contribution in [0.2, 0.25) is 0 Å². The third kappa shape index (κ3) is 3.52. The predicted octanol–water partition coefficient (Wildman–Crippen LogP) is 6.04. The van der Waals surface area contributed by atoms with Crippen molar-refractivity contribution in [2.45, 2.75) is 26.8 Å². The number of hydrogen-bond acceptors (Lipinski definition) is 5. The van der Waals surface area contributed by atoms with Crippen LogP contribution in [0.4, 0.5) is 0 Å². The van der Waals surface area contributed by atoms with Crippen LogP contribution in [0, 0.1) is 6.92 Å². The van der Waals surface area contributed by atoms with Gasteiger partial charge in [0.15, 0.2) is 11.5 Å². The van der Waals surface area contributed by atoms with E-state index in [2.05, 4.69) is 23.6 Å². The fourth-order valence-electron chi connectivity index (χ4n) is 5.26. The van der Waals surface area contributed by atoms with Gasteiger partial charge in [-0.25, -0.2) is 4.79 Å². The van der Waals surface area contributed by atoms with Crippen LogP contribution in [0.1, 0.15) is 28.5 Å². The lowest BCUT2D eigenvalue weighted by atomic mass is 9.91. The Morgan fingerprint density at radius 2 is 1.63 bits per heavy atom. The minimum Gasteiger partial charge on any atom is -0.496 e. The van der Waals surface area contributed by atoms with Gasteiger partial charge >= 0.3 is 5.97 Å². The van der Waals surface area contributed by atoms with E-state index in [1.54, 1.807) is 21.3 Å². The summed E-state index contributed by atoms with van der Waals surface area (Å²) >= 11 is 0. The molecular formula is C29H29NO5. The number of rotatable bonds is 6. The molecule has 4 aromatic rings. The highest BCUT2D eigenvalue weighted by molar-refractivity contribution is 6.11. The van der Waals surface area contributed by atoms with Crippen LogP contribution in [0.25, 0.3) is 33.2 Å². The number of esters is 1. The van der Waals surface area contributed by atoms with Gasteiger partial charge in [-0.3, -0.25) is 0 Å². The summed E-state index contributed by atoms with van der Waals surface area (Å²) < 4.78 is 24.8. The number of hydrogen-bond donors (Lipinski definition) is 0. The topological polar surface area (TPSA) is 58.9 Å². The molecule has 0 aliphatic carbocycles. The third-order valence-electron chi connectivity index (χ3n) is 6.83. The quantitative estimate of drug-likeness (QED) is 0.321.